The van der Waals surface area contributed by atoms with E-state index in [9.17, 15) is 19.5 Å². The molecule has 0 aromatic carbocycles. The van der Waals surface area contributed by atoms with Gasteiger partial charge in [0, 0.05) is 37.3 Å². The van der Waals surface area contributed by atoms with Crippen LogP contribution in [0.1, 0.15) is 24.8 Å². The first-order valence-electron chi connectivity index (χ1n) is 7.69. The van der Waals surface area contributed by atoms with Crippen LogP contribution in [0.4, 0.5) is 0 Å². The van der Waals surface area contributed by atoms with Crippen molar-refractivity contribution < 1.29 is 9.90 Å². The van der Waals surface area contributed by atoms with Gasteiger partial charge < -0.3 is 15.0 Å². The molecular formula is C16H23N3O4. The zero-order chi connectivity index (χ0) is 17.0. The fourth-order valence-corrected chi connectivity index (χ4v) is 3.10. The van der Waals surface area contributed by atoms with Crippen molar-refractivity contribution in [1.82, 2.24) is 14.5 Å². The molecule has 0 spiro atoms. The number of nitrogens with one attached hydrogen (secondary N) is 1. The van der Waals surface area contributed by atoms with Crippen molar-refractivity contribution in [1.29, 1.82) is 0 Å². The van der Waals surface area contributed by atoms with E-state index in [4.69, 9.17) is 0 Å². The van der Waals surface area contributed by atoms with Gasteiger partial charge in [-0.15, -0.1) is 6.58 Å². The molecule has 1 atom stereocenters. The highest BCUT2D eigenvalue weighted by Gasteiger charge is 2.35. The van der Waals surface area contributed by atoms with Crippen LogP contribution >= 0.6 is 0 Å². The highest BCUT2D eigenvalue weighted by atomic mass is 16.3. The minimum absolute atomic E-state index is 0.00320. The lowest BCUT2D eigenvalue weighted by Crippen LogP contribution is -2.48. The number of amides is 1. The second-order valence-corrected chi connectivity index (χ2v) is 6.23. The van der Waals surface area contributed by atoms with E-state index in [0.29, 0.717) is 19.5 Å². The standard InChI is InChI=1S/C16H23N3O4/c1-3-5-16(11-20)6-4-7-19(10-16)13(21)8-12-9-17-15(23)18(2)14(12)22/h3,9,20H,1,4-8,10-11H2,2H3,(H,17,23). The summed E-state index contributed by atoms with van der Waals surface area (Å²) in [5.74, 6) is -0.171. The second-order valence-electron chi connectivity index (χ2n) is 6.23. The quantitative estimate of drug-likeness (QED) is 0.734. The molecule has 1 saturated heterocycles. The minimum atomic E-state index is -0.505. The molecule has 0 radical (unpaired) electrons. The number of carbonyl (C=O) groups excluding carboxylic acids is 1. The fraction of sp³-hybridized carbons (Fsp3) is 0.562. The van der Waals surface area contributed by atoms with Crippen LogP contribution in [-0.4, -0.2) is 45.2 Å². The zero-order valence-electron chi connectivity index (χ0n) is 13.4. The molecule has 126 valence electrons. The molecule has 1 fully saturated rings. The molecular weight excluding hydrogens is 298 g/mol. The first kappa shape index (κ1) is 17.2. The number of carbonyl (C=O) groups is 1. The van der Waals surface area contributed by atoms with Crippen molar-refractivity contribution >= 4 is 5.91 Å². The predicted molar refractivity (Wildman–Crippen MR) is 86.2 cm³/mol. The summed E-state index contributed by atoms with van der Waals surface area (Å²) >= 11 is 0. The van der Waals surface area contributed by atoms with E-state index in [1.807, 2.05) is 0 Å². The average molecular weight is 321 g/mol. The van der Waals surface area contributed by atoms with E-state index < -0.39 is 11.2 Å². The largest absolute Gasteiger partial charge is 0.396 e. The van der Waals surface area contributed by atoms with Gasteiger partial charge >= 0.3 is 5.69 Å². The smallest absolute Gasteiger partial charge is 0.328 e. The van der Waals surface area contributed by atoms with Crippen LogP contribution < -0.4 is 11.2 Å². The number of aliphatic hydroxyl groups excluding tert-OH is 1. The monoisotopic (exact) mass is 321 g/mol. The summed E-state index contributed by atoms with van der Waals surface area (Å²) in [6, 6.07) is 0. The van der Waals surface area contributed by atoms with Gasteiger partial charge in [-0.3, -0.25) is 14.2 Å². The molecule has 23 heavy (non-hydrogen) atoms. The topological polar surface area (TPSA) is 95.4 Å². The van der Waals surface area contributed by atoms with Crippen molar-refractivity contribution in [3.05, 3.63) is 45.3 Å². The Kier molecular flexibility index (Phi) is 5.20. The van der Waals surface area contributed by atoms with E-state index in [-0.39, 0.29) is 29.9 Å². The Hall–Kier alpha value is -2.15. The maximum Gasteiger partial charge on any atom is 0.328 e. The number of allylic oxidation sites excluding steroid dienone is 1. The Morgan fingerprint density at radius 1 is 1.52 bits per heavy atom. The van der Waals surface area contributed by atoms with E-state index in [2.05, 4.69) is 11.6 Å². The molecule has 0 bridgehead atoms. The van der Waals surface area contributed by atoms with Gasteiger partial charge in [-0.2, -0.15) is 0 Å². The van der Waals surface area contributed by atoms with Crippen molar-refractivity contribution in [2.24, 2.45) is 12.5 Å². The van der Waals surface area contributed by atoms with E-state index >= 15 is 0 Å². The number of nitrogens with zero attached hydrogens (tertiary/aromatic N) is 2. The number of aromatic amines is 1. The summed E-state index contributed by atoms with van der Waals surface area (Å²) in [4.78, 5) is 40.0. The first-order chi connectivity index (χ1) is 10.9. The van der Waals surface area contributed by atoms with Gasteiger partial charge in [0.15, 0.2) is 0 Å². The highest BCUT2D eigenvalue weighted by Crippen LogP contribution is 2.33. The molecule has 1 aliphatic heterocycles. The third-order valence-electron chi connectivity index (χ3n) is 4.52. The van der Waals surface area contributed by atoms with E-state index in [1.165, 1.54) is 13.2 Å². The van der Waals surface area contributed by atoms with Crippen LogP contribution in [-0.2, 0) is 18.3 Å². The van der Waals surface area contributed by atoms with E-state index in [1.54, 1.807) is 11.0 Å². The summed E-state index contributed by atoms with van der Waals surface area (Å²) in [5.41, 5.74) is -1.04. The van der Waals surface area contributed by atoms with Gasteiger partial charge in [-0.1, -0.05) is 6.08 Å². The number of H-pyrrole nitrogens is 1. The molecule has 7 heteroatoms. The molecule has 1 aliphatic rings. The molecule has 1 aromatic heterocycles. The van der Waals surface area contributed by atoms with Crippen LogP contribution in [0.3, 0.4) is 0 Å². The number of hydrogen-bond donors (Lipinski definition) is 2. The molecule has 2 N–H and O–H groups in total. The van der Waals surface area contributed by atoms with Gasteiger partial charge in [0.25, 0.3) is 5.56 Å². The lowest BCUT2D eigenvalue weighted by Gasteiger charge is -2.41. The normalized spacial score (nSPS) is 21.2. The summed E-state index contributed by atoms with van der Waals surface area (Å²) in [7, 11) is 1.37. The Labute approximate surface area is 134 Å². The summed E-state index contributed by atoms with van der Waals surface area (Å²) in [6.45, 7) is 4.79. The average Bonchev–Trinajstić information content (AvgIpc) is 2.56. The van der Waals surface area contributed by atoms with Gasteiger partial charge in [0.1, 0.15) is 0 Å². The first-order valence-corrected chi connectivity index (χ1v) is 7.69. The third-order valence-corrected chi connectivity index (χ3v) is 4.52. The molecule has 1 aromatic rings. The number of rotatable bonds is 5. The van der Waals surface area contributed by atoms with Crippen LogP contribution in [0.2, 0.25) is 0 Å². The predicted octanol–water partition coefficient (Wildman–Crippen LogP) is -0.207. The number of aromatic nitrogens is 2. The SMILES string of the molecule is C=CCC1(CO)CCCN(C(=O)Cc2c[nH]c(=O)n(C)c2=O)C1. The van der Waals surface area contributed by atoms with Crippen LogP contribution in [0, 0.1) is 5.41 Å². The number of piperidine rings is 1. The number of likely N-dealkylation sites (tertiary alicyclic amines) is 1. The summed E-state index contributed by atoms with van der Waals surface area (Å²) in [6.07, 6.45) is 5.31. The molecule has 1 unspecified atom stereocenters. The van der Waals surface area contributed by atoms with Gasteiger partial charge in [-0.05, 0) is 19.3 Å². The molecule has 2 rings (SSSR count). The van der Waals surface area contributed by atoms with Crippen molar-refractivity contribution in [2.45, 2.75) is 25.7 Å². The van der Waals surface area contributed by atoms with Crippen LogP contribution in [0.25, 0.3) is 0 Å². The van der Waals surface area contributed by atoms with Gasteiger partial charge in [0.2, 0.25) is 5.91 Å². The third kappa shape index (κ3) is 3.61. The van der Waals surface area contributed by atoms with Crippen LogP contribution in [0.5, 0.6) is 0 Å². The molecule has 7 nitrogen and oxygen atoms in total. The minimum Gasteiger partial charge on any atom is -0.396 e. The zero-order valence-corrected chi connectivity index (χ0v) is 13.4. The molecule has 1 amide bonds. The van der Waals surface area contributed by atoms with E-state index in [0.717, 1.165) is 17.4 Å². The second kappa shape index (κ2) is 6.95. The number of hydrogen-bond acceptors (Lipinski definition) is 4. The van der Waals surface area contributed by atoms with Crippen molar-refractivity contribution in [3.63, 3.8) is 0 Å². The maximum atomic E-state index is 12.5. The number of aliphatic hydroxyl groups is 1. The maximum absolute atomic E-state index is 12.5. The lowest BCUT2D eigenvalue weighted by molar-refractivity contribution is -0.134. The van der Waals surface area contributed by atoms with Gasteiger partial charge in [-0.25, -0.2) is 4.79 Å². The summed E-state index contributed by atoms with van der Waals surface area (Å²) < 4.78 is 0.953. The molecule has 0 aliphatic carbocycles. The fourth-order valence-electron chi connectivity index (χ4n) is 3.10. The lowest BCUT2D eigenvalue weighted by atomic mass is 9.77. The van der Waals surface area contributed by atoms with Crippen molar-refractivity contribution in [3.8, 4) is 0 Å². The molecule has 2 heterocycles. The Morgan fingerprint density at radius 2 is 2.26 bits per heavy atom. The Morgan fingerprint density at radius 3 is 2.91 bits per heavy atom. The van der Waals surface area contributed by atoms with Crippen LogP contribution in [0.15, 0.2) is 28.4 Å². The summed E-state index contributed by atoms with van der Waals surface area (Å²) in [5, 5.41) is 9.69. The van der Waals surface area contributed by atoms with Gasteiger partial charge in [0.05, 0.1) is 13.0 Å². The molecule has 0 saturated carbocycles. The Bertz CT molecular complexity index is 706. The highest BCUT2D eigenvalue weighted by molar-refractivity contribution is 5.78. The van der Waals surface area contributed by atoms with Crippen molar-refractivity contribution in [2.75, 3.05) is 19.7 Å². The Balaban J connectivity index is 2.15.